The minimum absolute atomic E-state index is 0.153. The molecule has 4 nitrogen and oxygen atoms in total. The van der Waals surface area contributed by atoms with E-state index < -0.39 is 0 Å². The van der Waals surface area contributed by atoms with Gasteiger partial charge in [-0.15, -0.1) is 0 Å². The predicted molar refractivity (Wildman–Crippen MR) is 97.1 cm³/mol. The zero-order valence-electron chi connectivity index (χ0n) is 12.8. The lowest BCUT2D eigenvalue weighted by molar-refractivity contribution is 0.102. The standard InChI is InChI=1S/C19H15BrN2O2/c20-17-3-1-2-4-18(17)24-13-14-5-7-15(8-6-14)19(23)22-16-9-11-21-12-10-16/h1-12H,13H2,(H,21,22,23). The third-order valence-corrected chi connectivity index (χ3v) is 4.04. The summed E-state index contributed by atoms with van der Waals surface area (Å²) in [4.78, 5) is 16.1. The zero-order valence-corrected chi connectivity index (χ0v) is 14.4. The van der Waals surface area contributed by atoms with Crippen LogP contribution >= 0.6 is 15.9 Å². The lowest BCUT2D eigenvalue weighted by Gasteiger charge is -2.09. The molecular formula is C19H15BrN2O2. The number of anilines is 1. The van der Waals surface area contributed by atoms with Crippen molar-refractivity contribution in [3.05, 3.63) is 88.7 Å². The van der Waals surface area contributed by atoms with E-state index in [0.29, 0.717) is 12.2 Å². The number of para-hydroxylation sites is 1. The van der Waals surface area contributed by atoms with Crippen LogP contribution in [0.15, 0.2) is 77.5 Å². The van der Waals surface area contributed by atoms with Gasteiger partial charge in [-0.3, -0.25) is 9.78 Å². The molecule has 0 radical (unpaired) electrons. The second-order valence-electron chi connectivity index (χ2n) is 5.11. The van der Waals surface area contributed by atoms with Crippen molar-refractivity contribution in [2.75, 3.05) is 5.32 Å². The molecule has 1 heterocycles. The molecule has 0 atom stereocenters. The summed E-state index contributed by atoms with van der Waals surface area (Å²) >= 11 is 3.45. The van der Waals surface area contributed by atoms with Crippen molar-refractivity contribution >= 4 is 27.5 Å². The van der Waals surface area contributed by atoms with E-state index in [1.165, 1.54) is 0 Å². The molecule has 0 aliphatic carbocycles. The van der Waals surface area contributed by atoms with Gasteiger partial charge in [0.2, 0.25) is 0 Å². The van der Waals surface area contributed by atoms with E-state index >= 15 is 0 Å². The first kappa shape index (κ1) is 16.2. The summed E-state index contributed by atoms with van der Waals surface area (Å²) in [6.45, 7) is 0.439. The Balaban J connectivity index is 1.61. The summed E-state index contributed by atoms with van der Waals surface area (Å²) in [5, 5.41) is 2.83. The number of nitrogens with zero attached hydrogens (tertiary/aromatic N) is 1. The maximum atomic E-state index is 12.2. The van der Waals surface area contributed by atoms with Crippen LogP contribution in [-0.4, -0.2) is 10.9 Å². The van der Waals surface area contributed by atoms with Crippen LogP contribution < -0.4 is 10.1 Å². The summed E-state index contributed by atoms with van der Waals surface area (Å²) in [5.41, 5.74) is 2.30. The van der Waals surface area contributed by atoms with Crippen molar-refractivity contribution in [2.24, 2.45) is 0 Å². The molecular weight excluding hydrogens is 368 g/mol. The lowest BCUT2D eigenvalue weighted by atomic mass is 10.1. The fourth-order valence-corrected chi connectivity index (χ4v) is 2.51. The predicted octanol–water partition coefficient (Wildman–Crippen LogP) is 4.68. The van der Waals surface area contributed by atoms with Crippen LogP contribution in [-0.2, 0) is 6.61 Å². The molecule has 1 aromatic heterocycles. The number of rotatable bonds is 5. The van der Waals surface area contributed by atoms with Gasteiger partial charge < -0.3 is 10.1 Å². The fourth-order valence-electron chi connectivity index (χ4n) is 2.11. The third kappa shape index (κ3) is 4.20. The number of carbonyl (C=O) groups excluding carboxylic acids is 1. The van der Waals surface area contributed by atoms with E-state index in [1.54, 1.807) is 36.7 Å². The number of amides is 1. The topological polar surface area (TPSA) is 51.2 Å². The SMILES string of the molecule is O=C(Nc1ccncc1)c1ccc(COc2ccccc2Br)cc1. The van der Waals surface area contributed by atoms with Crippen molar-refractivity contribution < 1.29 is 9.53 Å². The van der Waals surface area contributed by atoms with Crippen molar-refractivity contribution in [3.63, 3.8) is 0 Å². The average Bonchev–Trinajstić information content (AvgIpc) is 2.62. The Morgan fingerprint density at radius 2 is 1.71 bits per heavy atom. The molecule has 0 aliphatic rings. The van der Waals surface area contributed by atoms with E-state index in [-0.39, 0.29) is 5.91 Å². The maximum absolute atomic E-state index is 12.2. The molecule has 5 heteroatoms. The molecule has 2 aromatic carbocycles. The minimum Gasteiger partial charge on any atom is -0.488 e. The van der Waals surface area contributed by atoms with Crippen LogP contribution in [0.3, 0.4) is 0 Å². The molecule has 1 N–H and O–H groups in total. The van der Waals surface area contributed by atoms with Gasteiger partial charge in [-0.1, -0.05) is 24.3 Å². The van der Waals surface area contributed by atoms with Gasteiger partial charge in [0.1, 0.15) is 12.4 Å². The van der Waals surface area contributed by atoms with Crippen molar-refractivity contribution in [1.82, 2.24) is 4.98 Å². The molecule has 0 spiro atoms. The number of hydrogen-bond donors (Lipinski definition) is 1. The van der Waals surface area contributed by atoms with E-state index in [0.717, 1.165) is 21.5 Å². The van der Waals surface area contributed by atoms with Crippen LogP contribution in [0.1, 0.15) is 15.9 Å². The fraction of sp³-hybridized carbons (Fsp3) is 0.0526. The minimum atomic E-state index is -0.153. The monoisotopic (exact) mass is 382 g/mol. The number of carbonyl (C=O) groups is 1. The van der Waals surface area contributed by atoms with E-state index in [1.807, 2.05) is 36.4 Å². The van der Waals surface area contributed by atoms with E-state index in [2.05, 4.69) is 26.2 Å². The molecule has 3 aromatic rings. The Labute approximate surface area is 148 Å². The molecule has 0 unspecified atom stereocenters. The molecule has 24 heavy (non-hydrogen) atoms. The smallest absolute Gasteiger partial charge is 0.255 e. The first-order valence-corrected chi connectivity index (χ1v) is 8.19. The summed E-state index contributed by atoms with van der Waals surface area (Å²) in [6, 6.07) is 18.5. The second kappa shape index (κ2) is 7.75. The summed E-state index contributed by atoms with van der Waals surface area (Å²) in [6.07, 6.45) is 3.27. The van der Waals surface area contributed by atoms with Crippen LogP contribution in [0, 0.1) is 0 Å². The molecule has 1 amide bonds. The van der Waals surface area contributed by atoms with Gasteiger partial charge >= 0.3 is 0 Å². The highest BCUT2D eigenvalue weighted by Crippen LogP contribution is 2.24. The molecule has 3 rings (SSSR count). The van der Waals surface area contributed by atoms with Crippen LogP contribution in [0.2, 0.25) is 0 Å². The van der Waals surface area contributed by atoms with Gasteiger partial charge in [0.25, 0.3) is 5.91 Å². The van der Waals surface area contributed by atoms with Crippen molar-refractivity contribution in [3.8, 4) is 5.75 Å². The number of aromatic nitrogens is 1. The van der Waals surface area contributed by atoms with Crippen LogP contribution in [0.5, 0.6) is 5.75 Å². The Morgan fingerprint density at radius 1 is 1.00 bits per heavy atom. The number of pyridine rings is 1. The maximum Gasteiger partial charge on any atom is 0.255 e. The first-order chi connectivity index (χ1) is 11.7. The Hall–Kier alpha value is -2.66. The second-order valence-corrected chi connectivity index (χ2v) is 5.96. The van der Waals surface area contributed by atoms with Crippen LogP contribution in [0.25, 0.3) is 0 Å². The van der Waals surface area contributed by atoms with Crippen LogP contribution in [0.4, 0.5) is 5.69 Å². The van der Waals surface area contributed by atoms with Gasteiger partial charge in [0.05, 0.1) is 4.47 Å². The molecule has 120 valence electrons. The Bertz CT molecular complexity index is 820. The van der Waals surface area contributed by atoms with E-state index in [4.69, 9.17) is 4.74 Å². The highest BCUT2D eigenvalue weighted by molar-refractivity contribution is 9.10. The summed E-state index contributed by atoms with van der Waals surface area (Å²) < 4.78 is 6.68. The molecule has 0 saturated carbocycles. The van der Waals surface area contributed by atoms with Crippen molar-refractivity contribution in [1.29, 1.82) is 0 Å². The van der Waals surface area contributed by atoms with Gasteiger partial charge in [-0.05, 0) is 57.9 Å². The van der Waals surface area contributed by atoms with Crippen molar-refractivity contribution in [2.45, 2.75) is 6.61 Å². The normalized spacial score (nSPS) is 10.2. The third-order valence-electron chi connectivity index (χ3n) is 3.39. The molecule has 0 aliphatic heterocycles. The largest absolute Gasteiger partial charge is 0.488 e. The number of benzene rings is 2. The number of halogens is 1. The zero-order chi connectivity index (χ0) is 16.8. The van der Waals surface area contributed by atoms with Gasteiger partial charge in [0.15, 0.2) is 0 Å². The molecule has 0 fully saturated rings. The Kier molecular flexibility index (Phi) is 5.23. The lowest BCUT2D eigenvalue weighted by Crippen LogP contribution is -2.11. The Morgan fingerprint density at radius 3 is 2.42 bits per heavy atom. The molecule has 0 bridgehead atoms. The summed E-state index contributed by atoms with van der Waals surface area (Å²) in [7, 11) is 0. The van der Waals surface area contributed by atoms with Gasteiger partial charge in [0, 0.05) is 23.6 Å². The number of ether oxygens (including phenoxy) is 1. The molecule has 0 saturated heterocycles. The first-order valence-electron chi connectivity index (χ1n) is 7.40. The van der Waals surface area contributed by atoms with Gasteiger partial charge in [-0.25, -0.2) is 0 Å². The quantitative estimate of drug-likeness (QED) is 0.696. The van der Waals surface area contributed by atoms with E-state index in [9.17, 15) is 4.79 Å². The van der Waals surface area contributed by atoms with Gasteiger partial charge in [-0.2, -0.15) is 0 Å². The summed E-state index contributed by atoms with van der Waals surface area (Å²) in [5.74, 6) is 0.636. The highest BCUT2D eigenvalue weighted by Gasteiger charge is 2.06. The average molecular weight is 383 g/mol. The number of hydrogen-bond acceptors (Lipinski definition) is 3. The highest BCUT2D eigenvalue weighted by atomic mass is 79.9. The number of nitrogens with one attached hydrogen (secondary N) is 1.